The summed E-state index contributed by atoms with van der Waals surface area (Å²) >= 11 is 0. The van der Waals surface area contributed by atoms with Crippen LogP contribution in [-0.2, 0) is 19.2 Å². The molecule has 31 heavy (non-hydrogen) atoms. The number of phenolic OH excluding ortho intramolecular Hbond substituents is 1. The van der Waals surface area contributed by atoms with Gasteiger partial charge in [-0.25, -0.2) is 0 Å². The monoisotopic (exact) mass is 422 g/mol. The predicted octanol–water partition coefficient (Wildman–Crippen LogP) is 2.07. The van der Waals surface area contributed by atoms with E-state index in [9.17, 15) is 24.3 Å². The molecule has 4 amide bonds. The zero-order chi connectivity index (χ0) is 22.0. The molecule has 1 N–H and O–H groups in total. The third kappa shape index (κ3) is 2.65. The molecule has 7 nitrogen and oxygen atoms in total. The summed E-state index contributed by atoms with van der Waals surface area (Å²) < 4.78 is 0. The number of hydrogen-bond acceptors (Lipinski definition) is 5. The number of phenols is 1. The lowest BCUT2D eigenvalue weighted by atomic mass is 9.57. The highest BCUT2D eigenvalue weighted by molar-refractivity contribution is 6.07. The smallest absolute Gasteiger partial charge is 0.234 e. The molecule has 1 aromatic rings. The van der Waals surface area contributed by atoms with Gasteiger partial charge >= 0.3 is 0 Å². The van der Waals surface area contributed by atoms with Crippen LogP contribution in [0.1, 0.15) is 38.2 Å². The predicted molar refractivity (Wildman–Crippen MR) is 110 cm³/mol. The molecular weight excluding hydrogens is 396 g/mol. The maximum Gasteiger partial charge on any atom is 0.234 e. The minimum absolute atomic E-state index is 0.125. The van der Waals surface area contributed by atoms with Crippen LogP contribution < -0.4 is 0 Å². The summed E-state index contributed by atoms with van der Waals surface area (Å²) in [6.45, 7) is 4.27. The van der Waals surface area contributed by atoms with Crippen molar-refractivity contribution in [3.63, 3.8) is 0 Å². The number of amides is 4. The maximum absolute atomic E-state index is 13.2. The van der Waals surface area contributed by atoms with Gasteiger partial charge in [-0.1, -0.05) is 23.8 Å². The molecule has 2 aliphatic carbocycles. The number of aromatic hydroxyl groups is 1. The van der Waals surface area contributed by atoms with Crippen molar-refractivity contribution in [2.24, 2.45) is 29.6 Å². The summed E-state index contributed by atoms with van der Waals surface area (Å²) in [6.07, 6.45) is 2.93. The van der Waals surface area contributed by atoms with Gasteiger partial charge in [0.05, 0.1) is 23.7 Å². The van der Waals surface area contributed by atoms with Gasteiger partial charge < -0.3 is 5.11 Å². The number of likely N-dealkylation sites (tertiary alicyclic amines) is 2. The van der Waals surface area contributed by atoms with Gasteiger partial charge in [0.2, 0.25) is 23.6 Å². The van der Waals surface area contributed by atoms with Gasteiger partial charge in [-0.05, 0) is 50.3 Å². The number of benzene rings is 1. The number of allylic oxidation sites excluding steroid dienone is 2. The van der Waals surface area contributed by atoms with Crippen LogP contribution in [0.2, 0.25) is 0 Å². The Morgan fingerprint density at radius 3 is 2.00 bits per heavy atom. The molecule has 7 heteroatoms. The standard InChI is InChI=1S/C24H26N2O5/c1-3-25-21(28)15-10-9-14-16(19(15)23(25)30)11-17-20(24(31)26(4-2)22(17)29)18(14)12-5-7-13(27)8-6-12/h5-9,15-20,27H,3-4,10-11H2,1-2H3. The lowest BCUT2D eigenvalue weighted by Crippen LogP contribution is -2.43. The van der Waals surface area contributed by atoms with Crippen LogP contribution >= 0.6 is 0 Å². The van der Waals surface area contributed by atoms with E-state index < -0.39 is 17.8 Å². The van der Waals surface area contributed by atoms with Crippen molar-refractivity contribution in [2.75, 3.05) is 13.1 Å². The molecule has 0 bridgehead atoms. The summed E-state index contributed by atoms with van der Waals surface area (Å²) in [7, 11) is 0. The molecule has 4 aliphatic rings. The number of imide groups is 2. The second kappa shape index (κ2) is 7.04. The van der Waals surface area contributed by atoms with Crippen LogP contribution in [0.4, 0.5) is 0 Å². The molecule has 2 saturated heterocycles. The van der Waals surface area contributed by atoms with Crippen molar-refractivity contribution in [1.82, 2.24) is 9.80 Å². The van der Waals surface area contributed by atoms with E-state index in [1.54, 1.807) is 38.1 Å². The Morgan fingerprint density at radius 1 is 0.806 bits per heavy atom. The van der Waals surface area contributed by atoms with Crippen molar-refractivity contribution in [1.29, 1.82) is 0 Å². The van der Waals surface area contributed by atoms with Gasteiger partial charge in [0.1, 0.15) is 5.75 Å². The van der Waals surface area contributed by atoms with Gasteiger partial charge in [-0.2, -0.15) is 0 Å². The second-order valence-corrected chi connectivity index (χ2v) is 8.96. The molecule has 162 valence electrons. The highest BCUT2D eigenvalue weighted by Gasteiger charge is 2.61. The quantitative estimate of drug-likeness (QED) is 0.594. The molecular formula is C24H26N2O5. The van der Waals surface area contributed by atoms with Gasteiger partial charge in [0.25, 0.3) is 0 Å². The van der Waals surface area contributed by atoms with E-state index in [2.05, 4.69) is 0 Å². The number of nitrogens with zero attached hydrogens (tertiary/aromatic N) is 2. The van der Waals surface area contributed by atoms with Crippen molar-refractivity contribution < 1.29 is 24.3 Å². The Labute approximate surface area is 180 Å². The number of rotatable bonds is 3. The summed E-state index contributed by atoms with van der Waals surface area (Å²) in [5.74, 6) is -2.91. The summed E-state index contributed by atoms with van der Waals surface area (Å²) in [5, 5.41) is 9.76. The molecule has 5 rings (SSSR count). The molecule has 1 aromatic carbocycles. The fourth-order valence-electron chi connectivity index (χ4n) is 6.40. The largest absolute Gasteiger partial charge is 0.508 e. The third-order valence-electron chi connectivity index (χ3n) is 7.72. The van der Waals surface area contributed by atoms with Crippen LogP contribution in [0.5, 0.6) is 5.75 Å². The minimum atomic E-state index is -0.509. The van der Waals surface area contributed by atoms with Crippen molar-refractivity contribution in [3.8, 4) is 5.75 Å². The van der Waals surface area contributed by atoms with E-state index in [4.69, 9.17) is 0 Å². The Balaban J connectivity index is 1.64. The molecule has 0 aromatic heterocycles. The average Bonchev–Trinajstić information content (AvgIpc) is 3.16. The van der Waals surface area contributed by atoms with Crippen LogP contribution in [0.25, 0.3) is 0 Å². The fourth-order valence-corrected chi connectivity index (χ4v) is 6.40. The third-order valence-corrected chi connectivity index (χ3v) is 7.72. The van der Waals surface area contributed by atoms with E-state index in [0.717, 1.165) is 11.1 Å². The molecule has 3 fully saturated rings. The van der Waals surface area contributed by atoms with E-state index in [0.29, 0.717) is 25.9 Å². The van der Waals surface area contributed by atoms with Gasteiger partial charge in [-0.15, -0.1) is 0 Å². The first-order chi connectivity index (χ1) is 14.9. The molecule has 6 unspecified atom stereocenters. The summed E-state index contributed by atoms with van der Waals surface area (Å²) in [4.78, 5) is 55.0. The van der Waals surface area contributed by atoms with Crippen LogP contribution in [-0.4, -0.2) is 51.6 Å². The van der Waals surface area contributed by atoms with Crippen molar-refractivity contribution in [2.45, 2.75) is 32.6 Å². The zero-order valence-electron chi connectivity index (χ0n) is 17.7. The normalized spacial score (nSPS) is 34.6. The van der Waals surface area contributed by atoms with E-state index in [1.807, 2.05) is 6.08 Å². The lowest BCUT2D eigenvalue weighted by molar-refractivity contribution is -0.141. The first-order valence-corrected chi connectivity index (χ1v) is 11.1. The Kier molecular flexibility index (Phi) is 4.53. The van der Waals surface area contributed by atoms with Crippen LogP contribution in [0.15, 0.2) is 35.9 Å². The first-order valence-electron chi connectivity index (χ1n) is 11.1. The SMILES string of the molecule is CCN1C(=O)C2CC=C3C(CC4C(=O)N(CC)C(=O)C4C3c3ccc(O)cc3)C2C1=O. The Hall–Kier alpha value is -2.96. The van der Waals surface area contributed by atoms with Gasteiger partial charge in [-0.3, -0.25) is 29.0 Å². The fraction of sp³-hybridized carbons (Fsp3) is 0.500. The number of hydrogen-bond donors (Lipinski definition) is 1. The average molecular weight is 422 g/mol. The molecule has 6 atom stereocenters. The molecule has 0 spiro atoms. The molecule has 0 radical (unpaired) electrons. The maximum atomic E-state index is 13.2. The van der Waals surface area contributed by atoms with E-state index in [1.165, 1.54) is 9.80 Å². The van der Waals surface area contributed by atoms with E-state index >= 15 is 0 Å². The first kappa shape index (κ1) is 20.0. The van der Waals surface area contributed by atoms with Gasteiger partial charge in [0, 0.05) is 19.0 Å². The summed E-state index contributed by atoms with van der Waals surface area (Å²) in [6, 6.07) is 6.75. The number of fused-ring (bicyclic) bond motifs is 4. The highest BCUT2D eigenvalue weighted by atomic mass is 16.3. The Morgan fingerprint density at radius 2 is 1.39 bits per heavy atom. The van der Waals surface area contributed by atoms with Crippen molar-refractivity contribution in [3.05, 3.63) is 41.5 Å². The topological polar surface area (TPSA) is 95.0 Å². The highest BCUT2D eigenvalue weighted by Crippen LogP contribution is 2.57. The van der Waals surface area contributed by atoms with Crippen LogP contribution in [0.3, 0.4) is 0 Å². The second-order valence-electron chi connectivity index (χ2n) is 8.96. The van der Waals surface area contributed by atoms with Crippen LogP contribution in [0, 0.1) is 29.6 Å². The minimum Gasteiger partial charge on any atom is -0.508 e. The lowest BCUT2D eigenvalue weighted by Gasteiger charge is -2.44. The van der Waals surface area contributed by atoms with Crippen molar-refractivity contribution >= 4 is 23.6 Å². The summed E-state index contributed by atoms with van der Waals surface area (Å²) in [5.41, 5.74) is 1.84. The molecule has 1 saturated carbocycles. The van der Waals surface area contributed by atoms with Gasteiger partial charge in [0.15, 0.2) is 0 Å². The molecule has 2 heterocycles. The van der Waals surface area contributed by atoms with E-state index in [-0.39, 0.29) is 47.1 Å². The zero-order valence-corrected chi connectivity index (χ0v) is 17.7. The molecule has 2 aliphatic heterocycles. The number of carbonyl (C=O) groups excluding carboxylic acids is 4. The Bertz CT molecular complexity index is 1010. The number of carbonyl (C=O) groups is 4.